The summed E-state index contributed by atoms with van der Waals surface area (Å²) in [5.41, 5.74) is 1.14. The van der Waals surface area contributed by atoms with Gasteiger partial charge < -0.3 is 10.1 Å². The van der Waals surface area contributed by atoms with Crippen LogP contribution >= 0.6 is 27.5 Å². The lowest BCUT2D eigenvalue weighted by Gasteiger charge is -2.07. The van der Waals surface area contributed by atoms with Gasteiger partial charge in [-0.25, -0.2) is 0 Å². The summed E-state index contributed by atoms with van der Waals surface area (Å²) in [6, 6.07) is 5.99. The Morgan fingerprint density at radius 2 is 2.22 bits per heavy atom. The maximum Gasteiger partial charge on any atom is 0.0494 e. The predicted molar refractivity (Wildman–Crippen MR) is 79.0 cm³/mol. The van der Waals surface area contributed by atoms with Gasteiger partial charge in [0.2, 0.25) is 0 Å². The monoisotopic (exact) mass is 331 g/mol. The molecule has 0 spiro atoms. The quantitative estimate of drug-likeness (QED) is 0.726. The number of hydrogen-bond donors (Lipinski definition) is 1. The van der Waals surface area contributed by atoms with Crippen LogP contribution in [0.15, 0.2) is 22.7 Å². The molecule has 0 unspecified atom stereocenters. The third kappa shape index (κ3) is 5.27. The summed E-state index contributed by atoms with van der Waals surface area (Å²) < 4.78 is 6.60. The molecule has 0 radical (unpaired) electrons. The summed E-state index contributed by atoms with van der Waals surface area (Å²) in [4.78, 5) is 0. The van der Waals surface area contributed by atoms with Crippen LogP contribution in [0.2, 0.25) is 5.02 Å². The number of hydrogen-bond acceptors (Lipinski definition) is 2. The lowest BCUT2D eigenvalue weighted by molar-refractivity contribution is 0.122. The molecule has 1 saturated carbocycles. The Labute approximate surface area is 122 Å². The molecule has 1 aliphatic carbocycles. The molecule has 2 nitrogen and oxygen atoms in total. The van der Waals surface area contributed by atoms with Crippen molar-refractivity contribution in [1.82, 2.24) is 5.32 Å². The van der Waals surface area contributed by atoms with Crippen LogP contribution in [0.5, 0.6) is 0 Å². The number of benzene rings is 1. The van der Waals surface area contributed by atoms with Gasteiger partial charge >= 0.3 is 0 Å². The topological polar surface area (TPSA) is 21.3 Å². The molecule has 0 heterocycles. The molecule has 0 aromatic heterocycles. The van der Waals surface area contributed by atoms with Crippen molar-refractivity contribution in [3.63, 3.8) is 0 Å². The average molecular weight is 333 g/mol. The van der Waals surface area contributed by atoms with E-state index in [1.165, 1.54) is 12.8 Å². The van der Waals surface area contributed by atoms with Gasteiger partial charge in [0.25, 0.3) is 0 Å². The van der Waals surface area contributed by atoms with E-state index in [-0.39, 0.29) is 0 Å². The van der Waals surface area contributed by atoms with E-state index in [0.717, 1.165) is 53.7 Å². The molecule has 1 aromatic rings. The molecule has 1 N–H and O–H groups in total. The highest BCUT2D eigenvalue weighted by Gasteiger charge is 2.20. The van der Waals surface area contributed by atoms with Crippen molar-refractivity contribution in [2.75, 3.05) is 19.8 Å². The third-order valence-corrected chi connectivity index (χ3v) is 3.87. The Morgan fingerprint density at radius 1 is 1.39 bits per heavy atom. The highest BCUT2D eigenvalue weighted by Crippen LogP contribution is 2.28. The van der Waals surface area contributed by atoms with Crippen LogP contribution in [0, 0.1) is 5.92 Å². The molecule has 1 aliphatic rings. The molecule has 4 heteroatoms. The Morgan fingerprint density at radius 3 is 2.94 bits per heavy atom. The molecule has 0 bridgehead atoms. The molecule has 0 aliphatic heterocycles. The van der Waals surface area contributed by atoms with E-state index in [9.17, 15) is 0 Å². The molecule has 1 fully saturated rings. The maximum atomic E-state index is 6.14. The van der Waals surface area contributed by atoms with Crippen LogP contribution in [0.1, 0.15) is 24.8 Å². The first-order chi connectivity index (χ1) is 8.75. The van der Waals surface area contributed by atoms with E-state index in [2.05, 4.69) is 21.2 Å². The standard InChI is InChI=1S/C14H19BrClNO/c15-13-5-4-12(14(16)8-13)9-17-6-1-7-18-10-11-2-3-11/h4-5,8,11,17H,1-3,6-7,9-10H2. The Kier molecular flexibility index (Phi) is 5.96. The van der Waals surface area contributed by atoms with Crippen molar-refractivity contribution < 1.29 is 4.74 Å². The lowest BCUT2D eigenvalue weighted by Crippen LogP contribution is -2.16. The SMILES string of the molecule is Clc1cc(Br)ccc1CNCCCOCC1CC1. The summed E-state index contributed by atoms with van der Waals surface area (Å²) in [5, 5.41) is 4.19. The van der Waals surface area contributed by atoms with Crippen LogP contribution < -0.4 is 5.32 Å². The fourth-order valence-electron chi connectivity index (χ4n) is 1.72. The van der Waals surface area contributed by atoms with Crippen molar-refractivity contribution in [2.24, 2.45) is 5.92 Å². The van der Waals surface area contributed by atoms with Gasteiger partial charge in [-0.3, -0.25) is 0 Å². The molecular weight excluding hydrogens is 314 g/mol. The largest absolute Gasteiger partial charge is 0.381 e. The van der Waals surface area contributed by atoms with Crippen LogP contribution in [-0.4, -0.2) is 19.8 Å². The minimum atomic E-state index is 0.807. The second kappa shape index (κ2) is 7.49. The zero-order chi connectivity index (χ0) is 12.8. The summed E-state index contributed by atoms with van der Waals surface area (Å²) in [7, 11) is 0. The van der Waals surface area contributed by atoms with Gasteiger partial charge in [0.1, 0.15) is 0 Å². The van der Waals surface area contributed by atoms with E-state index in [0.29, 0.717) is 0 Å². The van der Waals surface area contributed by atoms with E-state index in [4.69, 9.17) is 16.3 Å². The Bertz CT molecular complexity index is 382. The van der Waals surface area contributed by atoms with Crippen molar-refractivity contribution >= 4 is 27.5 Å². The van der Waals surface area contributed by atoms with Crippen molar-refractivity contribution in [1.29, 1.82) is 0 Å². The summed E-state index contributed by atoms with van der Waals surface area (Å²) in [6.07, 6.45) is 3.78. The number of ether oxygens (including phenoxy) is 1. The zero-order valence-corrected chi connectivity index (χ0v) is 12.8. The second-order valence-corrected chi connectivity index (χ2v) is 6.11. The van der Waals surface area contributed by atoms with Gasteiger partial charge in [-0.1, -0.05) is 33.6 Å². The smallest absolute Gasteiger partial charge is 0.0494 e. The molecule has 0 saturated heterocycles. The summed E-state index contributed by atoms with van der Waals surface area (Å²) in [6.45, 7) is 3.60. The second-order valence-electron chi connectivity index (χ2n) is 4.78. The van der Waals surface area contributed by atoms with Gasteiger partial charge in [0, 0.05) is 29.3 Å². The minimum absolute atomic E-state index is 0.807. The normalized spacial score (nSPS) is 15.0. The van der Waals surface area contributed by atoms with Crippen molar-refractivity contribution in [3.05, 3.63) is 33.3 Å². The van der Waals surface area contributed by atoms with Crippen LogP contribution in [0.3, 0.4) is 0 Å². The van der Waals surface area contributed by atoms with Crippen LogP contribution in [0.4, 0.5) is 0 Å². The molecule has 0 atom stereocenters. The molecule has 1 aromatic carbocycles. The third-order valence-electron chi connectivity index (χ3n) is 3.02. The fourth-order valence-corrected chi connectivity index (χ4v) is 2.46. The molecule has 2 rings (SSSR count). The van der Waals surface area contributed by atoms with Gasteiger partial charge in [0.05, 0.1) is 0 Å². The molecule has 18 heavy (non-hydrogen) atoms. The minimum Gasteiger partial charge on any atom is -0.381 e. The first kappa shape index (κ1) is 14.3. The summed E-state index contributed by atoms with van der Waals surface area (Å²) >= 11 is 9.54. The van der Waals surface area contributed by atoms with E-state index < -0.39 is 0 Å². The molecular formula is C14H19BrClNO. The van der Waals surface area contributed by atoms with Crippen LogP contribution in [0.25, 0.3) is 0 Å². The van der Waals surface area contributed by atoms with Gasteiger partial charge in [-0.15, -0.1) is 0 Å². The van der Waals surface area contributed by atoms with Crippen LogP contribution in [-0.2, 0) is 11.3 Å². The first-order valence-electron chi connectivity index (χ1n) is 6.48. The Balaban J connectivity index is 1.53. The van der Waals surface area contributed by atoms with Crippen molar-refractivity contribution in [3.8, 4) is 0 Å². The van der Waals surface area contributed by atoms with Gasteiger partial charge in [0.15, 0.2) is 0 Å². The molecule has 100 valence electrons. The lowest BCUT2D eigenvalue weighted by atomic mass is 10.2. The highest BCUT2D eigenvalue weighted by atomic mass is 79.9. The first-order valence-corrected chi connectivity index (χ1v) is 7.65. The van der Waals surface area contributed by atoms with Gasteiger partial charge in [-0.05, 0) is 49.4 Å². The number of halogens is 2. The maximum absolute atomic E-state index is 6.14. The highest BCUT2D eigenvalue weighted by molar-refractivity contribution is 9.10. The van der Waals surface area contributed by atoms with E-state index in [1.54, 1.807) is 0 Å². The van der Waals surface area contributed by atoms with Gasteiger partial charge in [-0.2, -0.15) is 0 Å². The average Bonchev–Trinajstić information content (AvgIpc) is 3.14. The van der Waals surface area contributed by atoms with E-state index in [1.807, 2.05) is 18.2 Å². The predicted octanol–water partition coefficient (Wildman–Crippen LogP) is 4.01. The van der Waals surface area contributed by atoms with Crippen molar-refractivity contribution in [2.45, 2.75) is 25.8 Å². The van der Waals surface area contributed by atoms with E-state index >= 15 is 0 Å². The number of rotatable bonds is 8. The molecule has 0 amide bonds. The Hall–Kier alpha value is -0.0900. The summed E-state index contributed by atoms with van der Waals surface area (Å²) in [5.74, 6) is 0.861. The zero-order valence-electron chi connectivity index (χ0n) is 10.4. The fraction of sp³-hybridized carbons (Fsp3) is 0.571. The number of nitrogens with one attached hydrogen (secondary N) is 1.